The number of aromatic nitrogens is 2. The van der Waals surface area contributed by atoms with Gasteiger partial charge in [-0.3, -0.25) is 0 Å². The SMILES string of the molecule is C=CCNc1nc(Cl)c(S(C)(=O)=O)c(Cl)n1. The van der Waals surface area contributed by atoms with Crippen LogP contribution in [0.3, 0.4) is 0 Å². The lowest BCUT2D eigenvalue weighted by molar-refractivity contribution is 0.601. The minimum absolute atomic E-state index is 0.155. The molecule has 5 nitrogen and oxygen atoms in total. The molecule has 0 atom stereocenters. The van der Waals surface area contributed by atoms with Gasteiger partial charge in [-0.05, 0) is 0 Å². The summed E-state index contributed by atoms with van der Waals surface area (Å²) in [5.41, 5.74) is 0. The van der Waals surface area contributed by atoms with E-state index in [2.05, 4.69) is 21.9 Å². The summed E-state index contributed by atoms with van der Waals surface area (Å²) in [4.78, 5) is 7.28. The second-order valence-corrected chi connectivity index (χ2v) is 5.57. The number of halogens is 2. The zero-order chi connectivity index (χ0) is 12.3. The lowest BCUT2D eigenvalue weighted by atomic mass is 10.6. The van der Waals surface area contributed by atoms with Gasteiger partial charge >= 0.3 is 0 Å². The molecular formula is C8H9Cl2N3O2S. The summed E-state index contributed by atoms with van der Waals surface area (Å²) in [5, 5.41) is 2.35. The number of nitrogens with one attached hydrogen (secondary N) is 1. The van der Waals surface area contributed by atoms with E-state index in [1.807, 2.05) is 0 Å². The molecule has 0 amide bonds. The van der Waals surface area contributed by atoms with E-state index in [4.69, 9.17) is 23.2 Å². The van der Waals surface area contributed by atoms with E-state index in [9.17, 15) is 8.42 Å². The normalized spacial score (nSPS) is 11.2. The highest BCUT2D eigenvalue weighted by atomic mass is 35.5. The minimum Gasteiger partial charge on any atom is -0.351 e. The largest absolute Gasteiger partial charge is 0.351 e. The molecule has 16 heavy (non-hydrogen) atoms. The average molecular weight is 282 g/mol. The fourth-order valence-electron chi connectivity index (χ4n) is 0.946. The van der Waals surface area contributed by atoms with E-state index in [-0.39, 0.29) is 21.2 Å². The third-order valence-electron chi connectivity index (χ3n) is 1.56. The van der Waals surface area contributed by atoms with Gasteiger partial charge in [0.25, 0.3) is 0 Å². The van der Waals surface area contributed by atoms with Crippen LogP contribution in [-0.2, 0) is 9.84 Å². The highest BCUT2D eigenvalue weighted by molar-refractivity contribution is 7.91. The molecule has 0 aliphatic carbocycles. The number of anilines is 1. The van der Waals surface area contributed by atoms with Crippen LogP contribution in [0, 0.1) is 0 Å². The molecular weight excluding hydrogens is 273 g/mol. The maximum atomic E-state index is 11.3. The maximum absolute atomic E-state index is 11.3. The highest BCUT2D eigenvalue weighted by Gasteiger charge is 2.20. The smallest absolute Gasteiger partial charge is 0.225 e. The summed E-state index contributed by atoms with van der Waals surface area (Å²) < 4.78 is 22.6. The van der Waals surface area contributed by atoms with Crippen molar-refractivity contribution in [2.24, 2.45) is 0 Å². The molecule has 0 unspecified atom stereocenters. The zero-order valence-corrected chi connectivity index (χ0v) is 10.7. The molecule has 0 aliphatic rings. The second-order valence-electron chi connectivity index (χ2n) is 2.90. The van der Waals surface area contributed by atoms with E-state index in [1.54, 1.807) is 6.08 Å². The third kappa shape index (κ3) is 3.07. The van der Waals surface area contributed by atoms with Crippen molar-refractivity contribution in [1.29, 1.82) is 0 Å². The van der Waals surface area contributed by atoms with E-state index >= 15 is 0 Å². The number of hydrogen-bond donors (Lipinski definition) is 1. The Morgan fingerprint density at radius 3 is 2.25 bits per heavy atom. The van der Waals surface area contributed by atoms with Gasteiger partial charge < -0.3 is 5.32 Å². The minimum atomic E-state index is -3.54. The van der Waals surface area contributed by atoms with Gasteiger partial charge in [0, 0.05) is 12.8 Å². The van der Waals surface area contributed by atoms with Crippen molar-refractivity contribution in [3.05, 3.63) is 23.0 Å². The average Bonchev–Trinajstić information content (AvgIpc) is 2.11. The predicted molar refractivity (Wildman–Crippen MR) is 63.8 cm³/mol. The summed E-state index contributed by atoms with van der Waals surface area (Å²) in [6.45, 7) is 3.92. The molecule has 88 valence electrons. The van der Waals surface area contributed by atoms with E-state index < -0.39 is 9.84 Å². The molecule has 1 rings (SSSR count). The first-order valence-electron chi connectivity index (χ1n) is 4.14. The van der Waals surface area contributed by atoms with Crippen LogP contribution in [0.5, 0.6) is 0 Å². The molecule has 8 heteroatoms. The second kappa shape index (κ2) is 4.99. The van der Waals surface area contributed by atoms with Crippen LogP contribution in [0.1, 0.15) is 0 Å². The Kier molecular flexibility index (Phi) is 4.12. The van der Waals surface area contributed by atoms with Gasteiger partial charge in [0.1, 0.15) is 4.90 Å². The molecule has 1 heterocycles. The van der Waals surface area contributed by atoms with Gasteiger partial charge in [-0.2, -0.15) is 9.97 Å². The van der Waals surface area contributed by atoms with Gasteiger partial charge in [-0.25, -0.2) is 8.42 Å². The van der Waals surface area contributed by atoms with Crippen molar-refractivity contribution in [3.8, 4) is 0 Å². The molecule has 1 aromatic heterocycles. The molecule has 0 saturated carbocycles. The van der Waals surface area contributed by atoms with Crippen molar-refractivity contribution < 1.29 is 8.42 Å². The molecule has 0 saturated heterocycles. The third-order valence-corrected chi connectivity index (χ3v) is 3.46. The van der Waals surface area contributed by atoms with Gasteiger partial charge in [0.2, 0.25) is 5.95 Å². The Hall–Kier alpha value is -0.850. The molecule has 1 aromatic rings. The standard InChI is InChI=1S/C8H9Cl2N3O2S/c1-3-4-11-8-12-6(9)5(7(10)13-8)16(2,14)15/h3H,1,4H2,2H3,(H,11,12,13). The van der Waals surface area contributed by atoms with Crippen LogP contribution in [0.2, 0.25) is 10.3 Å². The van der Waals surface area contributed by atoms with Gasteiger partial charge in [-0.15, -0.1) is 6.58 Å². The van der Waals surface area contributed by atoms with Crippen LogP contribution in [0.4, 0.5) is 5.95 Å². The molecule has 0 spiro atoms. The van der Waals surface area contributed by atoms with E-state index in [0.717, 1.165) is 6.26 Å². The summed E-state index contributed by atoms with van der Waals surface area (Å²) >= 11 is 11.4. The summed E-state index contributed by atoms with van der Waals surface area (Å²) in [5.74, 6) is 0.155. The molecule has 0 radical (unpaired) electrons. The first-order chi connectivity index (χ1) is 7.36. The van der Waals surface area contributed by atoms with E-state index in [0.29, 0.717) is 6.54 Å². The first-order valence-corrected chi connectivity index (χ1v) is 6.79. The number of hydrogen-bond acceptors (Lipinski definition) is 5. The van der Waals surface area contributed by atoms with Crippen LogP contribution in [-0.4, -0.2) is 31.2 Å². The monoisotopic (exact) mass is 281 g/mol. The van der Waals surface area contributed by atoms with Crippen LogP contribution < -0.4 is 5.32 Å². The number of sulfone groups is 1. The van der Waals surface area contributed by atoms with Gasteiger partial charge in [-0.1, -0.05) is 29.3 Å². The summed E-state index contributed by atoms with van der Waals surface area (Å²) in [6.07, 6.45) is 2.58. The lowest BCUT2D eigenvalue weighted by Gasteiger charge is -2.06. The van der Waals surface area contributed by atoms with Crippen LogP contribution in [0.15, 0.2) is 17.6 Å². The fourth-order valence-corrected chi connectivity index (χ4v) is 2.88. The Bertz CT molecular complexity index is 493. The number of rotatable bonds is 4. The molecule has 0 aliphatic heterocycles. The fraction of sp³-hybridized carbons (Fsp3) is 0.250. The van der Waals surface area contributed by atoms with E-state index in [1.165, 1.54) is 0 Å². The Morgan fingerprint density at radius 2 is 1.88 bits per heavy atom. The van der Waals surface area contributed by atoms with Crippen molar-refractivity contribution in [2.75, 3.05) is 18.1 Å². The molecule has 0 bridgehead atoms. The molecule has 1 N–H and O–H groups in total. The van der Waals surface area contributed by atoms with Crippen molar-refractivity contribution in [2.45, 2.75) is 4.90 Å². The Labute approximate surface area is 103 Å². The van der Waals surface area contributed by atoms with Crippen molar-refractivity contribution in [3.63, 3.8) is 0 Å². The van der Waals surface area contributed by atoms with Gasteiger partial charge in [0.15, 0.2) is 20.1 Å². The number of nitrogens with zero attached hydrogens (tertiary/aromatic N) is 2. The van der Waals surface area contributed by atoms with Crippen LogP contribution >= 0.6 is 23.2 Å². The van der Waals surface area contributed by atoms with Crippen molar-refractivity contribution in [1.82, 2.24) is 9.97 Å². The molecule has 0 fully saturated rings. The summed E-state index contributed by atoms with van der Waals surface area (Å²) in [6, 6.07) is 0. The lowest BCUT2D eigenvalue weighted by Crippen LogP contribution is -2.08. The maximum Gasteiger partial charge on any atom is 0.225 e. The topological polar surface area (TPSA) is 72.0 Å². The quantitative estimate of drug-likeness (QED) is 0.673. The highest BCUT2D eigenvalue weighted by Crippen LogP contribution is 2.27. The Balaban J connectivity index is 3.23. The first kappa shape index (κ1) is 13.2. The zero-order valence-electron chi connectivity index (χ0n) is 8.37. The molecule has 0 aromatic carbocycles. The van der Waals surface area contributed by atoms with Gasteiger partial charge in [0.05, 0.1) is 0 Å². The van der Waals surface area contributed by atoms with Crippen LogP contribution in [0.25, 0.3) is 0 Å². The predicted octanol–water partition coefficient (Wildman–Crippen LogP) is 1.78. The summed E-state index contributed by atoms with van der Waals surface area (Å²) in [7, 11) is -3.54. The van der Waals surface area contributed by atoms with Crippen molar-refractivity contribution >= 4 is 39.0 Å². The Morgan fingerprint density at radius 1 is 1.38 bits per heavy atom.